The Morgan fingerprint density at radius 2 is 2.37 bits per heavy atom. The molecule has 1 aromatic heterocycles. The van der Waals surface area contributed by atoms with Gasteiger partial charge in [0.25, 0.3) is 0 Å². The zero-order valence-electron chi connectivity index (χ0n) is 12.2. The van der Waals surface area contributed by atoms with Crippen LogP contribution in [0.1, 0.15) is 32.3 Å². The number of nitrogens with zero attached hydrogens (tertiary/aromatic N) is 3. The molecule has 0 aliphatic heterocycles. The molecule has 0 aromatic carbocycles. The molecule has 0 radical (unpaired) electrons. The Morgan fingerprint density at radius 1 is 1.58 bits per heavy atom. The summed E-state index contributed by atoms with van der Waals surface area (Å²) in [6, 6.07) is 0.621. The van der Waals surface area contributed by atoms with Crippen LogP contribution < -0.4 is 10.6 Å². The van der Waals surface area contributed by atoms with Crippen molar-refractivity contribution in [2.24, 2.45) is 18.0 Å². The molecule has 0 amide bonds. The van der Waals surface area contributed by atoms with E-state index in [1.54, 1.807) is 0 Å². The Morgan fingerprint density at radius 3 is 2.95 bits per heavy atom. The summed E-state index contributed by atoms with van der Waals surface area (Å²) in [5, 5.41) is 10.9. The lowest BCUT2D eigenvalue weighted by Gasteiger charge is -2.10. The number of aryl methyl sites for hydroxylation is 2. The number of hydrogen-bond acceptors (Lipinski definition) is 2. The summed E-state index contributed by atoms with van der Waals surface area (Å²) in [6.45, 7) is 6.13. The number of nitrogens with one attached hydrogen (secondary N) is 2. The average molecular weight is 263 g/mol. The third-order valence-corrected chi connectivity index (χ3v) is 3.43. The van der Waals surface area contributed by atoms with Gasteiger partial charge in [-0.25, -0.2) is 0 Å². The van der Waals surface area contributed by atoms with Crippen LogP contribution in [0, 0.1) is 5.92 Å². The summed E-state index contributed by atoms with van der Waals surface area (Å²) >= 11 is 0. The van der Waals surface area contributed by atoms with Gasteiger partial charge >= 0.3 is 0 Å². The Hall–Kier alpha value is -1.52. The third kappa shape index (κ3) is 4.58. The van der Waals surface area contributed by atoms with Crippen molar-refractivity contribution in [3.63, 3.8) is 0 Å². The topological polar surface area (TPSA) is 54.2 Å². The molecule has 0 bridgehead atoms. The molecule has 1 aliphatic carbocycles. The number of hydrogen-bond donors (Lipinski definition) is 2. The molecule has 2 atom stereocenters. The average Bonchev–Trinajstić information content (AvgIpc) is 2.89. The van der Waals surface area contributed by atoms with Gasteiger partial charge in [-0.05, 0) is 37.7 Å². The molecule has 19 heavy (non-hydrogen) atoms. The molecule has 1 aromatic rings. The molecular formula is C14H25N5. The van der Waals surface area contributed by atoms with Crippen molar-refractivity contribution in [3.05, 3.63) is 18.0 Å². The smallest absolute Gasteiger partial charge is 0.191 e. The number of rotatable bonds is 6. The van der Waals surface area contributed by atoms with Crippen molar-refractivity contribution in [2.75, 3.05) is 13.1 Å². The zero-order valence-corrected chi connectivity index (χ0v) is 12.2. The van der Waals surface area contributed by atoms with E-state index in [0.717, 1.165) is 37.8 Å². The summed E-state index contributed by atoms with van der Waals surface area (Å²) in [7, 11) is 1.95. The van der Waals surface area contributed by atoms with Gasteiger partial charge in [-0.15, -0.1) is 0 Å². The van der Waals surface area contributed by atoms with E-state index < -0.39 is 0 Å². The number of aromatic nitrogens is 2. The first-order chi connectivity index (χ1) is 9.19. The maximum atomic E-state index is 4.62. The highest BCUT2D eigenvalue weighted by Gasteiger charge is 2.33. The van der Waals surface area contributed by atoms with Crippen LogP contribution in [0.15, 0.2) is 17.4 Å². The van der Waals surface area contributed by atoms with E-state index in [2.05, 4.69) is 40.8 Å². The van der Waals surface area contributed by atoms with E-state index in [4.69, 9.17) is 0 Å². The SMILES string of the molecule is CCNC(=NCCCc1cnn(C)c1)NC1CC1C. The van der Waals surface area contributed by atoms with Crippen molar-refractivity contribution >= 4 is 5.96 Å². The second kappa shape index (κ2) is 6.59. The van der Waals surface area contributed by atoms with Gasteiger partial charge in [0.05, 0.1) is 6.20 Å². The molecule has 2 unspecified atom stereocenters. The van der Waals surface area contributed by atoms with Crippen LogP contribution >= 0.6 is 0 Å². The first-order valence-corrected chi connectivity index (χ1v) is 7.21. The molecule has 1 heterocycles. The van der Waals surface area contributed by atoms with Crippen LogP contribution in [0.2, 0.25) is 0 Å². The fourth-order valence-corrected chi connectivity index (χ4v) is 2.09. The first kappa shape index (κ1) is 13.9. The molecule has 5 heteroatoms. The van der Waals surface area contributed by atoms with Crippen molar-refractivity contribution in [3.8, 4) is 0 Å². The second-order valence-electron chi connectivity index (χ2n) is 5.35. The molecule has 1 fully saturated rings. The normalized spacial score (nSPS) is 22.4. The second-order valence-corrected chi connectivity index (χ2v) is 5.35. The molecule has 106 valence electrons. The number of guanidine groups is 1. The van der Waals surface area contributed by atoms with Gasteiger partial charge in [-0.1, -0.05) is 6.92 Å². The molecule has 2 N–H and O–H groups in total. The van der Waals surface area contributed by atoms with Crippen molar-refractivity contribution in [1.82, 2.24) is 20.4 Å². The first-order valence-electron chi connectivity index (χ1n) is 7.21. The lowest BCUT2D eigenvalue weighted by molar-refractivity contribution is 0.752. The number of aliphatic imine (C=N–C) groups is 1. The lowest BCUT2D eigenvalue weighted by atomic mass is 10.2. The van der Waals surface area contributed by atoms with Crippen molar-refractivity contribution < 1.29 is 0 Å². The van der Waals surface area contributed by atoms with Crippen LogP contribution in [0.5, 0.6) is 0 Å². The van der Waals surface area contributed by atoms with Crippen LogP contribution in [0.4, 0.5) is 0 Å². The minimum atomic E-state index is 0.621. The Balaban J connectivity index is 1.71. The highest BCUT2D eigenvalue weighted by Crippen LogP contribution is 2.28. The third-order valence-electron chi connectivity index (χ3n) is 3.43. The van der Waals surface area contributed by atoms with Crippen molar-refractivity contribution in [1.29, 1.82) is 0 Å². The van der Waals surface area contributed by atoms with Gasteiger partial charge in [0.2, 0.25) is 0 Å². The highest BCUT2D eigenvalue weighted by molar-refractivity contribution is 5.80. The van der Waals surface area contributed by atoms with Gasteiger partial charge in [0.1, 0.15) is 0 Å². The standard InChI is InChI=1S/C14H25N5/c1-4-15-14(18-13-8-11(13)2)16-7-5-6-12-9-17-19(3)10-12/h9-11,13H,4-8H2,1-3H3,(H2,15,16,18). The van der Waals surface area contributed by atoms with Crippen LogP contribution in [-0.4, -0.2) is 34.9 Å². The van der Waals surface area contributed by atoms with Gasteiger partial charge in [0, 0.05) is 32.4 Å². The summed E-state index contributed by atoms with van der Waals surface area (Å²) in [5.74, 6) is 1.75. The maximum Gasteiger partial charge on any atom is 0.191 e. The molecule has 1 saturated carbocycles. The molecular weight excluding hydrogens is 238 g/mol. The van der Waals surface area contributed by atoms with Crippen LogP contribution in [-0.2, 0) is 13.5 Å². The molecule has 5 nitrogen and oxygen atoms in total. The van der Waals surface area contributed by atoms with E-state index in [9.17, 15) is 0 Å². The van der Waals surface area contributed by atoms with E-state index in [0.29, 0.717) is 6.04 Å². The molecule has 0 spiro atoms. The van der Waals surface area contributed by atoms with Gasteiger partial charge in [0.15, 0.2) is 5.96 Å². The Bertz CT molecular complexity index is 423. The van der Waals surface area contributed by atoms with E-state index in [-0.39, 0.29) is 0 Å². The maximum absolute atomic E-state index is 4.62. The van der Waals surface area contributed by atoms with Gasteiger partial charge < -0.3 is 10.6 Å². The predicted octanol–water partition coefficient (Wildman–Crippen LogP) is 1.32. The summed E-state index contributed by atoms with van der Waals surface area (Å²) < 4.78 is 1.85. The van der Waals surface area contributed by atoms with Gasteiger partial charge in [-0.3, -0.25) is 9.67 Å². The fourth-order valence-electron chi connectivity index (χ4n) is 2.09. The van der Waals surface area contributed by atoms with Crippen molar-refractivity contribution in [2.45, 2.75) is 39.2 Å². The minimum Gasteiger partial charge on any atom is -0.357 e. The Labute approximate surface area is 115 Å². The lowest BCUT2D eigenvalue weighted by Crippen LogP contribution is -2.39. The predicted molar refractivity (Wildman–Crippen MR) is 78.2 cm³/mol. The molecule has 1 aliphatic rings. The largest absolute Gasteiger partial charge is 0.357 e. The highest BCUT2D eigenvalue weighted by atomic mass is 15.2. The zero-order chi connectivity index (χ0) is 13.7. The van der Waals surface area contributed by atoms with E-state index >= 15 is 0 Å². The monoisotopic (exact) mass is 263 g/mol. The fraction of sp³-hybridized carbons (Fsp3) is 0.714. The van der Waals surface area contributed by atoms with Crippen LogP contribution in [0.25, 0.3) is 0 Å². The summed E-state index contributed by atoms with van der Waals surface area (Å²) in [6.07, 6.45) is 7.36. The minimum absolute atomic E-state index is 0.621. The van der Waals surface area contributed by atoms with E-state index in [1.807, 2.05) is 17.9 Å². The van der Waals surface area contributed by atoms with Gasteiger partial charge in [-0.2, -0.15) is 5.10 Å². The van der Waals surface area contributed by atoms with Crippen LogP contribution in [0.3, 0.4) is 0 Å². The molecule has 0 saturated heterocycles. The Kier molecular flexibility index (Phi) is 4.82. The summed E-state index contributed by atoms with van der Waals surface area (Å²) in [5.41, 5.74) is 1.28. The van der Waals surface area contributed by atoms with E-state index in [1.165, 1.54) is 12.0 Å². The molecule has 2 rings (SSSR count). The quantitative estimate of drug-likeness (QED) is 0.462. The summed E-state index contributed by atoms with van der Waals surface area (Å²) in [4.78, 5) is 4.62.